The monoisotopic (exact) mass is 280 g/mol. The minimum atomic E-state index is -0.348. The number of aromatic hydroxyl groups is 1. The largest absolute Gasteiger partial charge is 0.493 e. The van der Waals surface area contributed by atoms with Crippen molar-refractivity contribution in [2.75, 3.05) is 0 Å². The summed E-state index contributed by atoms with van der Waals surface area (Å²) in [5.41, 5.74) is 0.663. The third-order valence-electron chi connectivity index (χ3n) is 2.06. The Morgan fingerprint density at radius 3 is 2.62 bits per heavy atom. The van der Waals surface area contributed by atoms with Crippen molar-refractivity contribution in [3.8, 4) is 5.88 Å². The smallest absolute Gasteiger partial charge is 0.254 e. The van der Waals surface area contributed by atoms with E-state index in [2.05, 4.69) is 25.9 Å². The molecule has 0 fully saturated rings. The molecule has 0 saturated heterocycles. The first-order valence-corrected chi connectivity index (χ1v) is 5.46. The highest BCUT2D eigenvalue weighted by atomic mass is 79.9. The van der Waals surface area contributed by atoms with E-state index in [0.717, 1.165) is 16.1 Å². The molecule has 0 saturated carbocycles. The van der Waals surface area contributed by atoms with Crippen molar-refractivity contribution in [3.05, 3.63) is 56.5 Å². The van der Waals surface area contributed by atoms with Crippen LogP contribution < -0.4 is 5.56 Å². The molecule has 2 aromatic rings. The number of aromatic amines is 1. The van der Waals surface area contributed by atoms with Crippen molar-refractivity contribution in [2.24, 2.45) is 0 Å². The van der Waals surface area contributed by atoms with E-state index >= 15 is 0 Å². The maximum Gasteiger partial charge on any atom is 0.254 e. The maximum absolute atomic E-state index is 11.1. The summed E-state index contributed by atoms with van der Waals surface area (Å²) in [6, 6.07) is 8.72. The first-order chi connectivity index (χ1) is 7.63. The number of nitrogens with one attached hydrogen (secondary N) is 1. The molecule has 2 rings (SSSR count). The number of rotatable bonds is 2. The van der Waals surface area contributed by atoms with E-state index in [-0.39, 0.29) is 11.4 Å². The summed E-state index contributed by atoms with van der Waals surface area (Å²) >= 11 is 3.34. The Morgan fingerprint density at radius 2 is 2.00 bits per heavy atom. The van der Waals surface area contributed by atoms with Gasteiger partial charge in [0.1, 0.15) is 5.82 Å². The van der Waals surface area contributed by atoms with Crippen LogP contribution in [0.3, 0.4) is 0 Å². The zero-order valence-corrected chi connectivity index (χ0v) is 9.86. The van der Waals surface area contributed by atoms with E-state index in [1.54, 1.807) is 0 Å². The van der Waals surface area contributed by atoms with Crippen LogP contribution in [0, 0.1) is 0 Å². The standard InChI is InChI=1S/C11H9BrN2O2/c12-8-3-1-7(2-4-8)5-9-13-10(15)6-11(16)14-9/h1-4,6H,5H2,(H2,13,14,15,16). The summed E-state index contributed by atoms with van der Waals surface area (Å²) in [5.74, 6) is 0.197. The lowest BCUT2D eigenvalue weighted by atomic mass is 10.1. The summed E-state index contributed by atoms with van der Waals surface area (Å²) in [6.45, 7) is 0. The molecule has 0 aliphatic carbocycles. The highest BCUT2D eigenvalue weighted by molar-refractivity contribution is 9.10. The number of nitrogens with zero attached hydrogens (tertiary/aromatic N) is 1. The molecule has 1 aromatic carbocycles. The second-order valence-electron chi connectivity index (χ2n) is 3.35. The van der Waals surface area contributed by atoms with Gasteiger partial charge in [0, 0.05) is 10.9 Å². The minimum absolute atomic E-state index is 0.254. The van der Waals surface area contributed by atoms with Crippen molar-refractivity contribution in [1.82, 2.24) is 9.97 Å². The molecular formula is C11H9BrN2O2. The normalized spacial score (nSPS) is 10.3. The highest BCUT2D eigenvalue weighted by Crippen LogP contribution is 2.12. The summed E-state index contributed by atoms with van der Waals surface area (Å²) in [6.07, 6.45) is 0.483. The van der Waals surface area contributed by atoms with E-state index < -0.39 is 0 Å². The molecular weight excluding hydrogens is 272 g/mol. The summed E-state index contributed by atoms with van der Waals surface area (Å²) < 4.78 is 0.994. The van der Waals surface area contributed by atoms with Crippen LogP contribution in [0.15, 0.2) is 39.6 Å². The number of H-pyrrole nitrogens is 1. The van der Waals surface area contributed by atoms with Gasteiger partial charge in [-0.05, 0) is 17.7 Å². The lowest BCUT2D eigenvalue weighted by Gasteiger charge is -2.01. The van der Waals surface area contributed by atoms with Gasteiger partial charge < -0.3 is 10.1 Å². The Kier molecular flexibility index (Phi) is 3.05. The van der Waals surface area contributed by atoms with Crippen molar-refractivity contribution < 1.29 is 5.11 Å². The van der Waals surface area contributed by atoms with Crippen LogP contribution in [-0.4, -0.2) is 15.1 Å². The molecule has 1 aromatic heterocycles. The van der Waals surface area contributed by atoms with Gasteiger partial charge in [-0.2, -0.15) is 4.98 Å². The number of aromatic nitrogens is 2. The zero-order chi connectivity index (χ0) is 11.5. The van der Waals surface area contributed by atoms with Crippen LogP contribution in [0.25, 0.3) is 0 Å². The van der Waals surface area contributed by atoms with Gasteiger partial charge in [-0.25, -0.2) is 0 Å². The van der Waals surface area contributed by atoms with Crippen molar-refractivity contribution in [1.29, 1.82) is 0 Å². The average Bonchev–Trinajstić information content (AvgIpc) is 2.20. The first kappa shape index (κ1) is 10.9. The van der Waals surface area contributed by atoms with Gasteiger partial charge in [-0.3, -0.25) is 4.79 Å². The maximum atomic E-state index is 11.1. The van der Waals surface area contributed by atoms with Crippen LogP contribution in [0.4, 0.5) is 0 Å². The molecule has 0 unspecified atom stereocenters. The Labute approximate surface area is 100 Å². The molecule has 0 aliphatic heterocycles. The van der Waals surface area contributed by atoms with Crippen molar-refractivity contribution >= 4 is 15.9 Å². The topological polar surface area (TPSA) is 66.0 Å². The molecule has 4 nitrogen and oxygen atoms in total. The minimum Gasteiger partial charge on any atom is -0.493 e. The Morgan fingerprint density at radius 1 is 1.31 bits per heavy atom. The zero-order valence-electron chi connectivity index (χ0n) is 8.27. The van der Waals surface area contributed by atoms with Crippen LogP contribution in [0.5, 0.6) is 5.88 Å². The first-order valence-electron chi connectivity index (χ1n) is 4.67. The van der Waals surface area contributed by atoms with Crippen molar-refractivity contribution in [3.63, 3.8) is 0 Å². The molecule has 0 spiro atoms. The predicted octanol–water partition coefficient (Wildman–Crippen LogP) is 1.83. The molecule has 5 heteroatoms. The lowest BCUT2D eigenvalue weighted by Crippen LogP contribution is -2.09. The molecule has 1 heterocycles. The SMILES string of the molecule is O=c1cc(O)nc(Cc2ccc(Br)cc2)[nH]1. The Bertz CT molecular complexity index is 549. The molecule has 2 N–H and O–H groups in total. The lowest BCUT2D eigenvalue weighted by molar-refractivity contribution is 0.448. The molecule has 0 atom stereocenters. The number of benzene rings is 1. The summed E-state index contributed by atoms with van der Waals surface area (Å²) in [4.78, 5) is 17.5. The molecule has 0 amide bonds. The third kappa shape index (κ3) is 2.70. The predicted molar refractivity (Wildman–Crippen MR) is 63.5 cm³/mol. The van der Waals surface area contributed by atoms with Gasteiger partial charge >= 0.3 is 0 Å². The average molecular weight is 281 g/mol. The highest BCUT2D eigenvalue weighted by Gasteiger charge is 2.01. The van der Waals surface area contributed by atoms with Gasteiger partial charge in [0.05, 0.1) is 6.07 Å². The molecule has 0 radical (unpaired) electrons. The van der Waals surface area contributed by atoms with Gasteiger partial charge in [-0.15, -0.1) is 0 Å². The van der Waals surface area contributed by atoms with Crippen LogP contribution >= 0.6 is 15.9 Å². The second kappa shape index (κ2) is 4.49. The fourth-order valence-corrected chi connectivity index (χ4v) is 1.64. The van der Waals surface area contributed by atoms with E-state index in [1.165, 1.54) is 0 Å². The second-order valence-corrected chi connectivity index (χ2v) is 4.27. The quantitative estimate of drug-likeness (QED) is 0.882. The number of hydrogen-bond acceptors (Lipinski definition) is 3. The van der Waals surface area contributed by atoms with Crippen molar-refractivity contribution in [2.45, 2.75) is 6.42 Å². The Balaban J connectivity index is 2.26. The fourth-order valence-electron chi connectivity index (χ4n) is 1.37. The molecule has 82 valence electrons. The van der Waals surface area contributed by atoms with Gasteiger partial charge in [0.15, 0.2) is 0 Å². The van der Waals surface area contributed by atoms with Crippen LogP contribution in [-0.2, 0) is 6.42 Å². The van der Waals surface area contributed by atoms with Gasteiger partial charge in [0.2, 0.25) is 5.88 Å². The van der Waals surface area contributed by atoms with Gasteiger partial charge in [-0.1, -0.05) is 28.1 Å². The van der Waals surface area contributed by atoms with Crippen LogP contribution in [0.2, 0.25) is 0 Å². The molecule has 0 bridgehead atoms. The summed E-state index contributed by atoms with van der Waals surface area (Å²) in [7, 11) is 0. The van der Waals surface area contributed by atoms with E-state index in [4.69, 9.17) is 0 Å². The van der Waals surface area contributed by atoms with Gasteiger partial charge in [0.25, 0.3) is 5.56 Å². The van der Waals surface area contributed by atoms with Crippen LogP contribution in [0.1, 0.15) is 11.4 Å². The van der Waals surface area contributed by atoms with E-state index in [1.807, 2.05) is 24.3 Å². The number of halogens is 1. The van der Waals surface area contributed by atoms with E-state index in [0.29, 0.717) is 12.2 Å². The molecule has 0 aliphatic rings. The third-order valence-corrected chi connectivity index (χ3v) is 2.59. The fraction of sp³-hybridized carbons (Fsp3) is 0.0909. The molecule has 16 heavy (non-hydrogen) atoms. The number of hydrogen-bond donors (Lipinski definition) is 2. The summed E-state index contributed by atoms with van der Waals surface area (Å²) in [5, 5.41) is 9.18. The Hall–Kier alpha value is -1.62. The van der Waals surface area contributed by atoms with E-state index in [9.17, 15) is 9.90 Å².